The highest BCUT2D eigenvalue weighted by atomic mass is 16.5. The number of aryl methyl sites for hydroxylation is 3. The Labute approximate surface area is 353 Å². The van der Waals surface area contributed by atoms with Gasteiger partial charge in [0.15, 0.2) is 5.71 Å². The van der Waals surface area contributed by atoms with Gasteiger partial charge in [0.1, 0.15) is 24.7 Å². The molecule has 0 saturated heterocycles. The van der Waals surface area contributed by atoms with Crippen molar-refractivity contribution in [3.05, 3.63) is 191 Å². The first-order valence-corrected chi connectivity index (χ1v) is 20.8. The third kappa shape index (κ3) is 7.44. The van der Waals surface area contributed by atoms with E-state index < -0.39 is 6.15 Å². The summed E-state index contributed by atoms with van der Waals surface area (Å²) in [6.45, 7) is 15.5. The topological polar surface area (TPSA) is 24.7 Å². The Hall–Kier alpha value is -6.07. The molecule has 4 nitrogen and oxygen atoms in total. The molecular formula is C54H59BN2O2. The zero-order valence-electron chi connectivity index (χ0n) is 36.8. The van der Waals surface area contributed by atoms with Crippen molar-refractivity contribution in [3.63, 3.8) is 0 Å². The van der Waals surface area contributed by atoms with Crippen molar-refractivity contribution in [2.75, 3.05) is 33.2 Å². The molecule has 0 amide bonds. The summed E-state index contributed by atoms with van der Waals surface area (Å²) in [6, 6.07) is 50.9. The molecule has 6 aromatic rings. The van der Waals surface area contributed by atoms with Crippen LogP contribution in [0.5, 0.6) is 11.5 Å². The molecule has 0 radical (unpaired) electrons. The van der Waals surface area contributed by atoms with E-state index in [0.717, 1.165) is 11.5 Å². The molecule has 300 valence electrons. The summed E-state index contributed by atoms with van der Waals surface area (Å²) in [5, 5.41) is 0. The van der Waals surface area contributed by atoms with E-state index in [0.29, 0.717) is 0 Å². The molecule has 59 heavy (non-hydrogen) atoms. The molecule has 5 heteroatoms. The third-order valence-corrected chi connectivity index (χ3v) is 13.0. The minimum atomic E-state index is -1.26. The van der Waals surface area contributed by atoms with Gasteiger partial charge < -0.3 is 14.4 Å². The molecule has 0 spiro atoms. The lowest BCUT2D eigenvalue weighted by Gasteiger charge is -2.44. The monoisotopic (exact) mass is 778 g/mol. The second kappa shape index (κ2) is 16.3. The maximum absolute atomic E-state index is 5.46. The first kappa shape index (κ1) is 41.1. The highest BCUT2D eigenvalue weighted by Crippen LogP contribution is 2.48. The van der Waals surface area contributed by atoms with Crippen LogP contribution in [0.4, 0.5) is 11.4 Å². The fraction of sp³-hybridized carbons (Fsp3) is 0.241. The molecule has 0 aromatic heterocycles. The van der Waals surface area contributed by atoms with Gasteiger partial charge in [-0.3, -0.25) is 0 Å². The number of fused-ring (bicyclic) bond motifs is 2. The van der Waals surface area contributed by atoms with Crippen molar-refractivity contribution in [2.45, 2.75) is 59.3 Å². The Balaban J connectivity index is 0.000000180. The van der Waals surface area contributed by atoms with Crippen molar-refractivity contribution in [3.8, 4) is 11.5 Å². The Morgan fingerprint density at radius 3 is 1.51 bits per heavy atom. The lowest BCUT2D eigenvalue weighted by atomic mass is 9.13. The molecule has 0 atom stereocenters. The van der Waals surface area contributed by atoms with Crippen molar-refractivity contribution in [2.24, 2.45) is 0 Å². The fourth-order valence-electron chi connectivity index (χ4n) is 9.58. The Kier molecular flexibility index (Phi) is 11.4. The van der Waals surface area contributed by atoms with Crippen molar-refractivity contribution >= 4 is 45.1 Å². The summed E-state index contributed by atoms with van der Waals surface area (Å²) in [5.74, 6) is 1.80. The molecule has 0 aliphatic carbocycles. The SMILES string of the molecule is COc1ccc2c(c1)C(C)(C)C(/C=C/C=C1/N(C)c3ccc(OC)cc3C1(C)C)=[N+]2C.Cc1ccc([B-](c2ccccc2)(c2ccc(C)cc2)c2ccc(C)cc2)cc1. The van der Waals surface area contributed by atoms with E-state index in [9.17, 15) is 0 Å². The number of allylic oxidation sites excluding steroid dienone is 4. The average molecular weight is 779 g/mol. The third-order valence-electron chi connectivity index (χ3n) is 13.0. The lowest BCUT2D eigenvalue weighted by Crippen LogP contribution is -2.74. The number of likely N-dealkylation sites (N-methyl/N-ethyl adjacent to an activating group) is 1. The minimum absolute atomic E-state index is 0.0962. The maximum Gasteiger partial charge on any atom is 0.209 e. The summed E-state index contributed by atoms with van der Waals surface area (Å²) in [4.78, 5) is 2.28. The largest absolute Gasteiger partial charge is 0.497 e. The van der Waals surface area contributed by atoms with Gasteiger partial charge in [-0.2, -0.15) is 26.4 Å². The van der Waals surface area contributed by atoms with Crippen LogP contribution in [0.2, 0.25) is 0 Å². The second-order valence-corrected chi connectivity index (χ2v) is 17.4. The molecule has 0 bridgehead atoms. The van der Waals surface area contributed by atoms with Crippen LogP contribution >= 0.6 is 0 Å². The highest BCUT2D eigenvalue weighted by Gasteiger charge is 2.43. The molecular weight excluding hydrogens is 719 g/mol. The van der Waals surface area contributed by atoms with Crippen LogP contribution in [-0.4, -0.2) is 44.7 Å². The molecule has 6 aromatic carbocycles. The average Bonchev–Trinajstić information content (AvgIpc) is 3.56. The number of rotatable bonds is 8. The van der Waals surface area contributed by atoms with Crippen molar-refractivity contribution in [1.29, 1.82) is 0 Å². The van der Waals surface area contributed by atoms with E-state index in [-0.39, 0.29) is 10.8 Å². The lowest BCUT2D eigenvalue weighted by molar-refractivity contribution is -0.401. The molecule has 2 aliphatic rings. The molecule has 2 heterocycles. The molecule has 0 saturated carbocycles. The summed E-state index contributed by atoms with van der Waals surface area (Å²) < 4.78 is 13.2. The van der Waals surface area contributed by atoms with Gasteiger partial charge in [0.05, 0.1) is 19.6 Å². The standard InChI is InChI=1S/C27H26B.C27H33N2O2/c1-21-9-15-25(16-10-21)28(24-7-5-4-6-8-24,26-17-11-22(2)12-18-26)27-19-13-23(3)14-20-27;1-26(2)20-16-18(30-7)12-14-22(20)28(5)24(26)10-9-11-25-27(3,4)21-17-19(31-8)13-15-23(21)29(25)6/h4-20H,1-3H3;9-17H,1-8H3/q-1;+1. The first-order chi connectivity index (χ1) is 28.2. The number of ether oxygens (including phenoxy) is 2. The minimum Gasteiger partial charge on any atom is -0.497 e. The van der Waals surface area contributed by atoms with Crippen molar-refractivity contribution in [1.82, 2.24) is 0 Å². The van der Waals surface area contributed by atoms with Crippen molar-refractivity contribution < 1.29 is 14.0 Å². The molecule has 0 unspecified atom stereocenters. The van der Waals surface area contributed by atoms with Crippen LogP contribution in [0.3, 0.4) is 0 Å². The van der Waals surface area contributed by atoms with Gasteiger partial charge in [-0.25, -0.2) is 0 Å². The Morgan fingerprint density at radius 2 is 1.02 bits per heavy atom. The van der Waals surface area contributed by atoms with Gasteiger partial charge in [0, 0.05) is 41.6 Å². The van der Waals surface area contributed by atoms with E-state index in [1.54, 1.807) is 14.2 Å². The maximum atomic E-state index is 5.46. The zero-order valence-corrected chi connectivity index (χ0v) is 36.8. The van der Waals surface area contributed by atoms with Crippen LogP contribution in [-0.2, 0) is 10.8 Å². The van der Waals surface area contributed by atoms with Crippen LogP contribution < -0.4 is 36.2 Å². The summed E-state index contributed by atoms with van der Waals surface area (Å²) in [7, 11) is 7.72. The summed E-state index contributed by atoms with van der Waals surface area (Å²) >= 11 is 0. The number of hydrogen-bond acceptors (Lipinski definition) is 3. The summed E-state index contributed by atoms with van der Waals surface area (Å²) in [6.07, 6.45) is 5.42. The quantitative estimate of drug-likeness (QED) is 0.114. The van der Waals surface area contributed by atoms with Gasteiger partial charge in [-0.05, 0) is 76.6 Å². The molecule has 8 rings (SSSR count). The molecule has 0 fully saturated rings. The fourth-order valence-corrected chi connectivity index (χ4v) is 9.58. The molecule has 2 aliphatic heterocycles. The number of anilines is 1. The Morgan fingerprint density at radius 1 is 0.559 bits per heavy atom. The van der Waals surface area contributed by atoms with Crippen LogP contribution in [0.1, 0.15) is 55.5 Å². The van der Waals surface area contributed by atoms with E-state index in [1.165, 1.54) is 72.5 Å². The number of benzene rings is 6. The second-order valence-electron chi connectivity index (χ2n) is 17.4. The van der Waals surface area contributed by atoms with Gasteiger partial charge in [0.25, 0.3) is 0 Å². The normalized spacial score (nSPS) is 15.8. The van der Waals surface area contributed by atoms with E-state index >= 15 is 0 Å². The Bertz CT molecular complexity index is 2430. The van der Waals surface area contributed by atoms with Gasteiger partial charge in [0.2, 0.25) is 5.69 Å². The van der Waals surface area contributed by atoms with Gasteiger partial charge in [-0.1, -0.05) is 140 Å². The van der Waals surface area contributed by atoms with Crippen LogP contribution in [0.15, 0.2) is 163 Å². The summed E-state index contributed by atoms with van der Waals surface area (Å²) in [5.41, 5.74) is 16.7. The van der Waals surface area contributed by atoms with Gasteiger partial charge in [-0.15, -0.1) is 0 Å². The smallest absolute Gasteiger partial charge is 0.209 e. The van der Waals surface area contributed by atoms with Crippen LogP contribution in [0.25, 0.3) is 0 Å². The van der Waals surface area contributed by atoms with E-state index in [2.05, 4.69) is 218 Å². The van der Waals surface area contributed by atoms with Gasteiger partial charge >= 0.3 is 0 Å². The van der Waals surface area contributed by atoms with E-state index in [4.69, 9.17) is 9.47 Å². The number of nitrogens with zero attached hydrogens (tertiary/aromatic N) is 2. The number of hydrogen-bond donors (Lipinski definition) is 0. The number of methoxy groups -OCH3 is 2. The van der Waals surface area contributed by atoms with Crippen LogP contribution in [0, 0.1) is 20.8 Å². The first-order valence-electron chi connectivity index (χ1n) is 20.8. The molecule has 0 N–H and O–H groups in total. The predicted octanol–water partition coefficient (Wildman–Crippen LogP) is 9.57. The highest BCUT2D eigenvalue weighted by molar-refractivity contribution is 7.19. The van der Waals surface area contributed by atoms with E-state index in [1.807, 2.05) is 12.1 Å². The zero-order chi connectivity index (χ0) is 42.1. The predicted molar refractivity (Wildman–Crippen MR) is 253 cm³/mol.